The maximum absolute atomic E-state index is 12.9. The quantitative estimate of drug-likeness (QED) is 0.536. The fourth-order valence-electron chi connectivity index (χ4n) is 4.96. The molecule has 0 atom stereocenters. The highest BCUT2D eigenvalue weighted by molar-refractivity contribution is 5.94. The summed E-state index contributed by atoms with van der Waals surface area (Å²) in [5, 5.41) is 0. The van der Waals surface area contributed by atoms with Gasteiger partial charge in [0, 0.05) is 5.41 Å². The molecule has 0 N–H and O–H groups in total. The molecule has 1 heteroatoms. The van der Waals surface area contributed by atoms with Crippen molar-refractivity contribution in [1.29, 1.82) is 0 Å². The summed E-state index contributed by atoms with van der Waals surface area (Å²) in [6.07, 6.45) is 22.5. The van der Waals surface area contributed by atoms with Crippen molar-refractivity contribution in [2.75, 3.05) is 0 Å². The predicted molar refractivity (Wildman–Crippen MR) is 95.0 cm³/mol. The Morgan fingerprint density at radius 3 is 1.59 bits per heavy atom. The van der Waals surface area contributed by atoms with Gasteiger partial charge in [-0.15, -0.1) is 0 Å². The fraction of sp³-hybridized carbons (Fsp3) is 0.857. The molecular weight excluding hydrogens is 268 g/mol. The summed E-state index contributed by atoms with van der Waals surface area (Å²) in [6, 6.07) is 0. The SMILES string of the molecule is C=CC(=O)C1(C2CCCCCCCC2)CCCCCCCC1. The third-order valence-electron chi connectivity index (χ3n) is 6.31. The molecule has 0 unspecified atom stereocenters. The zero-order valence-electron chi connectivity index (χ0n) is 14.6. The average molecular weight is 305 g/mol. The summed E-state index contributed by atoms with van der Waals surface area (Å²) in [6.45, 7) is 3.86. The van der Waals surface area contributed by atoms with E-state index in [2.05, 4.69) is 6.58 Å². The van der Waals surface area contributed by atoms with Gasteiger partial charge in [0.05, 0.1) is 0 Å². The third-order valence-corrected chi connectivity index (χ3v) is 6.31. The summed E-state index contributed by atoms with van der Waals surface area (Å²) in [7, 11) is 0. The Morgan fingerprint density at radius 2 is 1.14 bits per heavy atom. The molecule has 0 bridgehead atoms. The molecule has 2 rings (SSSR count). The standard InChI is InChI=1S/C21H36O/c1-2-20(22)21(17-13-9-5-6-10-14-18-21)19-15-11-7-3-4-8-12-16-19/h2,19H,1,3-18H2. The smallest absolute Gasteiger partial charge is 0.161 e. The Bertz CT molecular complexity index is 324. The minimum absolute atomic E-state index is 0.0591. The van der Waals surface area contributed by atoms with E-state index in [4.69, 9.17) is 0 Å². The van der Waals surface area contributed by atoms with Crippen molar-refractivity contribution in [2.24, 2.45) is 11.3 Å². The number of allylic oxidation sites excluding steroid dienone is 1. The molecule has 0 saturated heterocycles. The molecular formula is C21H36O. The molecule has 0 heterocycles. The van der Waals surface area contributed by atoms with Crippen molar-refractivity contribution >= 4 is 5.78 Å². The molecule has 0 spiro atoms. The summed E-state index contributed by atoms with van der Waals surface area (Å²) in [4.78, 5) is 12.9. The minimum Gasteiger partial charge on any atom is -0.294 e. The van der Waals surface area contributed by atoms with Crippen LogP contribution >= 0.6 is 0 Å². The lowest BCUT2D eigenvalue weighted by Crippen LogP contribution is -2.38. The van der Waals surface area contributed by atoms with Crippen LogP contribution in [0.25, 0.3) is 0 Å². The van der Waals surface area contributed by atoms with Crippen molar-refractivity contribution < 1.29 is 4.79 Å². The third kappa shape index (κ3) is 4.70. The second-order valence-corrected chi connectivity index (χ2v) is 7.74. The molecule has 0 aliphatic heterocycles. The van der Waals surface area contributed by atoms with Crippen LogP contribution < -0.4 is 0 Å². The van der Waals surface area contributed by atoms with E-state index >= 15 is 0 Å². The van der Waals surface area contributed by atoms with E-state index < -0.39 is 0 Å². The summed E-state index contributed by atoms with van der Waals surface area (Å²) < 4.78 is 0. The lowest BCUT2D eigenvalue weighted by molar-refractivity contribution is -0.128. The molecule has 2 aliphatic carbocycles. The fourth-order valence-corrected chi connectivity index (χ4v) is 4.96. The van der Waals surface area contributed by atoms with E-state index in [1.807, 2.05) is 0 Å². The van der Waals surface area contributed by atoms with E-state index in [1.165, 1.54) is 89.9 Å². The number of carbonyl (C=O) groups is 1. The largest absolute Gasteiger partial charge is 0.294 e. The molecule has 0 aromatic carbocycles. The Labute approximate surface area is 137 Å². The molecule has 2 saturated carbocycles. The molecule has 0 aromatic heterocycles. The molecule has 1 nitrogen and oxygen atoms in total. The first-order chi connectivity index (χ1) is 10.8. The Hall–Kier alpha value is -0.590. The van der Waals surface area contributed by atoms with E-state index in [0.717, 1.165) is 12.8 Å². The van der Waals surface area contributed by atoms with Gasteiger partial charge >= 0.3 is 0 Å². The second kappa shape index (κ2) is 9.53. The van der Waals surface area contributed by atoms with E-state index in [1.54, 1.807) is 6.08 Å². The van der Waals surface area contributed by atoms with Gasteiger partial charge in [0.15, 0.2) is 5.78 Å². The normalized spacial score (nSPS) is 25.6. The molecule has 0 radical (unpaired) electrons. The maximum atomic E-state index is 12.9. The minimum atomic E-state index is -0.0591. The summed E-state index contributed by atoms with van der Waals surface area (Å²) in [5.74, 6) is 0.993. The topological polar surface area (TPSA) is 17.1 Å². The zero-order chi connectivity index (χ0) is 15.7. The zero-order valence-corrected chi connectivity index (χ0v) is 14.6. The molecule has 2 aliphatic rings. The van der Waals surface area contributed by atoms with Crippen LogP contribution in [-0.4, -0.2) is 5.78 Å². The Kier molecular flexibility index (Phi) is 7.69. The van der Waals surface area contributed by atoms with E-state index in [0.29, 0.717) is 11.7 Å². The van der Waals surface area contributed by atoms with Crippen LogP contribution in [0.4, 0.5) is 0 Å². The van der Waals surface area contributed by atoms with Gasteiger partial charge in [0.2, 0.25) is 0 Å². The van der Waals surface area contributed by atoms with Crippen LogP contribution in [-0.2, 0) is 4.79 Å². The van der Waals surface area contributed by atoms with Crippen molar-refractivity contribution in [3.8, 4) is 0 Å². The first kappa shape index (κ1) is 17.8. The van der Waals surface area contributed by atoms with Crippen LogP contribution in [0.5, 0.6) is 0 Å². The molecule has 126 valence electrons. The van der Waals surface area contributed by atoms with Crippen LogP contribution in [0, 0.1) is 11.3 Å². The summed E-state index contributed by atoms with van der Waals surface area (Å²) in [5.41, 5.74) is -0.0591. The number of ketones is 1. The van der Waals surface area contributed by atoms with Gasteiger partial charge in [-0.2, -0.15) is 0 Å². The van der Waals surface area contributed by atoms with Gasteiger partial charge in [-0.3, -0.25) is 4.79 Å². The van der Waals surface area contributed by atoms with Crippen molar-refractivity contribution in [1.82, 2.24) is 0 Å². The van der Waals surface area contributed by atoms with Crippen molar-refractivity contribution in [3.05, 3.63) is 12.7 Å². The average Bonchev–Trinajstić information content (AvgIpc) is 2.76. The van der Waals surface area contributed by atoms with Crippen LogP contribution in [0.15, 0.2) is 12.7 Å². The number of hydrogen-bond acceptors (Lipinski definition) is 1. The predicted octanol–water partition coefficient (Wildman–Crippen LogP) is 6.61. The summed E-state index contributed by atoms with van der Waals surface area (Å²) >= 11 is 0. The molecule has 0 amide bonds. The van der Waals surface area contributed by atoms with Gasteiger partial charge in [0.25, 0.3) is 0 Å². The first-order valence-electron chi connectivity index (χ1n) is 9.96. The molecule has 0 aromatic rings. The number of rotatable bonds is 3. The lowest BCUT2D eigenvalue weighted by atomic mass is 9.63. The highest BCUT2D eigenvalue weighted by Crippen LogP contribution is 2.46. The first-order valence-corrected chi connectivity index (χ1v) is 9.96. The monoisotopic (exact) mass is 304 g/mol. The molecule has 2 fully saturated rings. The Morgan fingerprint density at radius 1 is 0.727 bits per heavy atom. The van der Waals surface area contributed by atoms with Crippen molar-refractivity contribution in [3.63, 3.8) is 0 Å². The van der Waals surface area contributed by atoms with Crippen LogP contribution in [0.1, 0.15) is 103 Å². The van der Waals surface area contributed by atoms with Crippen molar-refractivity contribution in [2.45, 2.75) is 103 Å². The van der Waals surface area contributed by atoms with Gasteiger partial charge in [-0.1, -0.05) is 83.6 Å². The Balaban J connectivity index is 2.19. The highest BCUT2D eigenvalue weighted by atomic mass is 16.1. The molecule has 22 heavy (non-hydrogen) atoms. The van der Waals surface area contributed by atoms with Gasteiger partial charge in [-0.05, 0) is 37.7 Å². The van der Waals surface area contributed by atoms with E-state index in [9.17, 15) is 4.79 Å². The number of carbonyl (C=O) groups excluding carboxylic acids is 1. The van der Waals surface area contributed by atoms with Gasteiger partial charge < -0.3 is 0 Å². The van der Waals surface area contributed by atoms with Crippen LogP contribution in [0.2, 0.25) is 0 Å². The highest BCUT2D eigenvalue weighted by Gasteiger charge is 2.42. The van der Waals surface area contributed by atoms with E-state index in [-0.39, 0.29) is 5.41 Å². The maximum Gasteiger partial charge on any atom is 0.161 e. The second-order valence-electron chi connectivity index (χ2n) is 7.74. The lowest BCUT2D eigenvalue weighted by Gasteiger charge is -2.40. The van der Waals surface area contributed by atoms with Gasteiger partial charge in [-0.25, -0.2) is 0 Å². The van der Waals surface area contributed by atoms with Gasteiger partial charge in [0.1, 0.15) is 0 Å². The number of hydrogen-bond donors (Lipinski definition) is 0. The van der Waals surface area contributed by atoms with Crippen LogP contribution in [0.3, 0.4) is 0 Å².